The number of amides is 1. The summed E-state index contributed by atoms with van der Waals surface area (Å²) in [5, 5.41) is 4.25. The normalized spacial score (nSPS) is 16.1. The summed E-state index contributed by atoms with van der Waals surface area (Å²) in [6.45, 7) is 2.09. The van der Waals surface area contributed by atoms with Crippen LogP contribution in [0.5, 0.6) is 0 Å². The Kier molecular flexibility index (Phi) is 8.01. The summed E-state index contributed by atoms with van der Waals surface area (Å²) in [6.07, 6.45) is 2.68. The Hall–Kier alpha value is -2.48. The van der Waals surface area contributed by atoms with Crippen molar-refractivity contribution in [1.29, 1.82) is 0 Å². The molecule has 31 heavy (non-hydrogen) atoms. The lowest BCUT2D eigenvalue weighted by atomic mass is 9.97. The fourth-order valence-electron chi connectivity index (χ4n) is 3.65. The van der Waals surface area contributed by atoms with Crippen molar-refractivity contribution in [3.8, 4) is 0 Å². The van der Waals surface area contributed by atoms with Gasteiger partial charge in [0.15, 0.2) is 0 Å². The number of sulfonamides is 1. The van der Waals surface area contributed by atoms with Crippen molar-refractivity contribution in [1.82, 2.24) is 14.5 Å². The van der Waals surface area contributed by atoms with Crippen LogP contribution >= 0.6 is 0 Å². The zero-order chi connectivity index (χ0) is 22.3. The number of piperidine rings is 1. The molecular formula is C24H31N3O3S. The lowest BCUT2D eigenvalue weighted by molar-refractivity contribution is -0.126. The molecule has 2 aromatic carbocycles. The molecule has 0 atom stereocenters. The lowest BCUT2D eigenvalue weighted by Gasteiger charge is -2.29. The first-order chi connectivity index (χ1) is 14.8. The predicted octanol–water partition coefficient (Wildman–Crippen LogP) is 3.08. The van der Waals surface area contributed by atoms with Crippen LogP contribution < -0.4 is 5.32 Å². The van der Waals surface area contributed by atoms with Gasteiger partial charge in [-0.3, -0.25) is 4.79 Å². The first-order valence-corrected chi connectivity index (χ1v) is 12.1. The van der Waals surface area contributed by atoms with Gasteiger partial charge in [0.25, 0.3) is 0 Å². The molecular weight excluding hydrogens is 410 g/mol. The Bertz CT molecular complexity index is 978. The van der Waals surface area contributed by atoms with Crippen LogP contribution in [0.1, 0.15) is 29.5 Å². The highest BCUT2D eigenvalue weighted by atomic mass is 32.2. The van der Waals surface area contributed by atoms with Crippen LogP contribution in [0.25, 0.3) is 6.08 Å². The van der Waals surface area contributed by atoms with Crippen molar-refractivity contribution in [2.24, 2.45) is 5.92 Å². The molecule has 1 N–H and O–H groups in total. The number of hydrogen-bond acceptors (Lipinski definition) is 4. The van der Waals surface area contributed by atoms with E-state index in [1.165, 1.54) is 15.3 Å². The highest BCUT2D eigenvalue weighted by Crippen LogP contribution is 2.21. The van der Waals surface area contributed by atoms with Gasteiger partial charge in [0.2, 0.25) is 15.9 Å². The molecule has 0 saturated carbocycles. The van der Waals surface area contributed by atoms with Crippen LogP contribution in [0, 0.1) is 5.92 Å². The number of carbonyl (C=O) groups excluding carboxylic acids is 1. The maximum Gasteiger partial charge on any atom is 0.236 e. The molecule has 7 heteroatoms. The minimum atomic E-state index is -3.48. The Morgan fingerprint density at radius 3 is 2.26 bits per heavy atom. The molecule has 1 heterocycles. The minimum absolute atomic E-state index is 0.00533. The predicted molar refractivity (Wildman–Crippen MR) is 124 cm³/mol. The third kappa shape index (κ3) is 7.02. The van der Waals surface area contributed by atoms with Crippen LogP contribution in [0.4, 0.5) is 0 Å². The number of carbonyl (C=O) groups is 1. The summed E-state index contributed by atoms with van der Waals surface area (Å²) in [4.78, 5) is 14.7. The molecule has 1 fully saturated rings. The third-order valence-corrected chi connectivity index (χ3v) is 6.97. The number of nitrogens with zero attached hydrogens (tertiary/aromatic N) is 2. The summed E-state index contributed by atoms with van der Waals surface area (Å²) in [5.74, 6) is -0.160. The average molecular weight is 442 g/mol. The zero-order valence-corrected chi connectivity index (χ0v) is 19.0. The molecule has 2 aromatic rings. The molecule has 1 aliphatic heterocycles. The second kappa shape index (κ2) is 10.7. The monoisotopic (exact) mass is 441 g/mol. The summed E-state index contributed by atoms with van der Waals surface area (Å²) < 4.78 is 26.6. The van der Waals surface area contributed by atoms with E-state index in [0.29, 0.717) is 32.5 Å². The first-order valence-electron chi connectivity index (χ1n) is 10.6. The quantitative estimate of drug-likeness (QED) is 0.684. The first kappa shape index (κ1) is 23.2. The van der Waals surface area contributed by atoms with E-state index in [1.807, 2.05) is 56.6 Å². The number of hydrogen-bond donors (Lipinski definition) is 1. The average Bonchev–Trinajstić information content (AvgIpc) is 2.77. The highest BCUT2D eigenvalue weighted by molar-refractivity contribution is 7.92. The van der Waals surface area contributed by atoms with Crippen molar-refractivity contribution in [3.63, 3.8) is 0 Å². The molecule has 0 spiro atoms. The lowest BCUT2D eigenvalue weighted by Crippen LogP contribution is -2.42. The molecule has 1 saturated heterocycles. The van der Waals surface area contributed by atoms with Gasteiger partial charge in [0, 0.05) is 37.5 Å². The summed E-state index contributed by atoms with van der Waals surface area (Å²) in [5.41, 5.74) is 3.13. The van der Waals surface area contributed by atoms with Crippen molar-refractivity contribution in [2.45, 2.75) is 25.9 Å². The van der Waals surface area contributed by atoms with Crippen LogP contribution in [-0.4, -0.2) is 50.7 Å². The standard InChI is InChI=1S/C24H31N3O3S/c1-26(2)19-22-10-8-21(9-11-22)18-25-24(28)23-12-15-27(16-13-23)31(29,30)17-14-20-6-4-3-5-7-20/h3-11,14,17,23H,12-13,15-16,18-19H2,1-2H3,(H,25,28)/b17-14+. The largest absolute Gasteiger partial charge is 0.352 e. The van der Waals surface area contributed by atoms with Gasteiger partial charge < -0.3 is 10.2 Å². The van der Waals surface area contributed by atoms with E-state index in [4.69, 9.17) is 0 Å². The molecule has 1 aliphatic rings. The maximum atomic E-state index is 12.6. The van der Waals surface area contributed by atoms with Crippen LogP contribution in [-0.2, 0) is 27.9 Å². The van der Waals surface area contributed by atoms with Crippen molar-refractivity contribution in [3.05, 3.63) is 76.7 Å². The van der Waals surface area contributed by atoms with E-state index in [-0.39, 0.29) is 11.8 Å². The van der Waals surface area contributed by atoms with Gasteiger partial charge >= 0.3 is 0 Å². The van der Waals surface area contributed by atoms with Gasteiger partial charge in [-0.15, -0.1) is 0 Å². The van der Waals surface area contributed by atoms with Crippen molar-refractivity contribution in [2.75, 3.05) is 27.2 Å². The van der Waals surface area contributed by atoms with E-state index in [2.05, 4.69) is 22.3 Å². The molecule has 6 nitrogen and oxygen atoms in total. The fraction of sp³-hybridized carbons (Fsp3) is 0.375. The molecule has 0 radical (unpaired) electrons. The SMILES string of the molecule is CN(C)Cc1ccc(CNC(=O)C2CCN(S(=O)(=O)/C=C/c3ccccc3)CC2)cc1. The Morgan fingerprint density at radius 2 is 1.65 bits per heavy atom. The Labute approximate surface area is 185 Å². The summed E-state index contributed by atoms with van der Waals surface area (Å²) >= 11 is 0. The molecule has 1 amide bonds. The topological polar surface area (TPSA) is 69.7 Å². The number of rotatable bonds is 8. The van der Waals surface area contributed by atoms with E-state index >= 15 is 0 Å². The van der Waals surface area contributed by atoms with E-state index in [0.717, 1.165) is 17.7 Å². The van der Waals surface area contributed by atoms with Crippen LogP contribution in [0.15, 0.2) is 60.0 Å². The number of nitrogens with one attached hydrogen (secondary N) is 1. The second-order valence-electron chi connectivity index (χ2n) is 8.20. The molecule has 0 unspecified atom stereocenters. The molecule has 3 rings (SSSR count). The van der Waals surface area contributed by atoms with Gasteiger partial charge in [-0.25, -0.2) is 8.42 Å². The minimum Gasteiger partial charge on any atom is -0.352 e. The molecule has 0 aromatic heterocycles. The second-order valence-corrected chi connectivity index (χ2v) is 10.0. The van der Waals surface area contributed by atoms with E-state index in [9.17, 15) is 13.2 Å². The van der Waals surface area contributed by atoms with Crippen LogP contribution in [0.3, 0.4) is 0 Å². The Morgan fingerprint density at radius 1 is 1.03 bits per heavy atom. The fourth-order valence-corrected chi connectivity index (χ4v) is 4.87. The molecule has 166 valence electrons. The highest BCUT2D eigenvalue weighted by Gasteiger charge is 2.29. The van der Waals surface area contributed by atoms with E-state index < -0.39 is 10.0 Å². The smallest absolute Gasteiger partial charge is 0.236 e. The summed E-state index contributed by atoms with van der Waals surface area (Å²) in [7, 11) is 0.583. The molecule has 0 aliphatic carbocycles. The van der Waals surface area contributed by atoms with Crippen molar-refractivity contribution < 1.29 is 13.2 Å². The zero-order valence-electron chi connectivity index (χ0n) is 18.2. The van der Waals surface area contributed by atoms with Gasteiger partial charge in [-0.1, -0.05) is 54.6 Å². The van der Waals surface area contributed by atoms with Gasteiger partial charge in [-0.2, -0.15) is 4.31 Å². The maximum absolute atomic E-state index is 12.6. The Balaban J connectivity index is 1.46. The van der Waals surface area contributed by atoms with Crippen molar-refractivity contribution >= 4 is 22.0 Å². The third-order valence-electron chi connectivity index (χ3n) is 5.41. The number of benzene rings is 2. The molecule has 0 bridgehead atoms. The van der Waals surface area contributed by atoms with Gasteiger partial charge in [0.05, 0.1) is 0 Å². The van der Waals surface area contributed by atoms with Crippen LogP contribution in [0.2, 0.25) is 0 Å². The van der Waals surface area contributed by atoms with Gasteiger partial charge in [-0.05, 0) is 49.7 Å². The van der Waals surface area contributed by atoms with Gasteiger partial charge in [0.1, 0.15) is 0 Å². The summed E-state index contributed by atoms with van der Waals surface area (Å²) in [6, 6.07) is 17.6. The van der Waals surface area contributed by atoms with E-state index in [1.54, 1.807) is 6.08 Å².